The number of carbonyl (C=O) groups excluding carboxylic acids is 1. The van der Waals surface area contributed by atoms with Crippen LogP contribution in [0.4, 0.5) is 44.1 Å². The van der Waals surface area contributed by atoms with Crippen LogP contribution in [0.2, 0.25) is 0 Å². The van der Waals surface area contributed by atoms with Crippen molar-refractivity contribution in [3.63, 3.8) is 0 Å². The number of urea groups is 1. The molecule has 79 heavy (non-hydrogen) atoms. The third kappa shape index (κ3) is 16.2. The number of hydrogen-bond acceptors (Lipinski definition) is 31. The average Bonchev–Trinajstić information content (AvgIpc) is 4.17. The number of phenols is 1. The molecule has 7 rings (SSSR count). The van der Waals surface area contributed by atoms with Gasteiger partial charge >= 0.3 is 6.03 Å². The van der Waals surface area contributed by atoms with Gasteiger partial charge in [0.05, 0.1) is 45.7 Å². The van der Waals surface area contributed by atoms with Crippen molar-refractivity contribution in [2.24, 2.45) is 30.7 Å². The van der Waals surface area contributed by atoms with E-state index in [1.54, 1.807) is 24.3 Å². The van der Waals surface area contributed by atoms with Crippen molar-refractivity contribution < 1.29 is 96.1 Å². The number of phenolic OH excluding ortho intramolecular Hbond substituents is 1. The molecule has 0 bridgehead atoms. The first kappa shape index (κ1) is 61.5. The molecule has 3 heterocycles. The third-order valence-electron chi connectivity index (χ3n) is 9.50. The van der Waals surface area contributed by atoms with Crippen molar-refractivity contribution in [1.29, 1.82) is 5.26 Å². The van der Waals surface area contributed by atoms with Crippen LogP contribution >= 0.6 is 47.2 Å². The zero-order valence-corrected chi connectivity index (χ0v) is 45.6. The number of pyridine rings is 1. The smallest absolute Gasteiger partial charge is 0.319 e. The Balaban J connectivity index is 0.00000193. The first-order valence-electron chi connectivity index (χ1n) is 20.5. The molecular weight excluding hydrogens is 1220 g/mol. The molecule has 0 aliphatic heterocycles. The Bertz CT molecular complexity index is 4090. The number of aromatic hydroxyl groups is 2. The maximum Gasteiger partial charge on any atom is 0.319 e. The summed E-state index contributed by atoms with van der Waals surface area (Å²) in [6.07, 6.45) is 0.715. The summed E-state index contributed by atoms with van der Waals surface area (Å²) in [7, 11) is -18.9. The second kappa shape index (κ2) is 26.0. The number of rotatable bonds is 21. The maximum atomic E-state index is 13.1. The van der Waals surface area contributed by atoms with Crippen LogP contribution in [0.1, 0.15) is 11.1 Å². The SMILES string of the molecule is CS(=O)(=O)O.Cc1c(N=Nc2ccc3c(O)c(N=Nc4cc(NC(=O)NCCS(=O)(=O)O)c(N=Nc5nnc(SCCSOOO)s5)cc4S(=O)(=O)O)c(SOOO)cc3c2S(=O)(=O)O)c(O)n2c(nc3ccccc32)c1C#N. The van der Waals surface area contributed by atoms with Crippen molar-refractivity contribution in [3.8, 4) is 17.7 Å². The molecule has 0 atom stereocenters. The van der Waals surface area contributed by atoms with E-state index >= 15 is 0 Å². The van der Waals surface area contributed by atoms with Crippen LogP contribution in [0.5, 0.6) is 11.6 Å². The number of aromatic nitrogens is 4. The predicted molar refractivity (Wildman–Crippen MR) is 277 cm³/mol. The number of azo groups is 3. The molecule has 0 fully saturated rings. The minimum absolute atomic E-state index is 0.0119. The molecule has 0 saturated heterocycles. The van der Waals surface area contributed by atoms with E-state index in [2.05, 4.69) is 75.2 Å². The largest absolute Gasteiger partial charge is 0.505 e. The van der Waals surface area contributed by atoms with Gasteiger partial charge in [-0.1, -0.05) is 45.3 Å². The molecule has 0 spiro atoms. The van der Waals surface area contributed by atoms with Gasteiger partial charge < -0.3 is 20.8 Å². The van der Waals surface area contributed by atoms with Crippen LogP contribution < -0.4 is 10.6 Å². The normalized spacial score (nSPS) is 12.5. The third-order valence-corrected chi connectivity index (χ3v) is 15.4. The first-order valence-corrected chi connectivity index (χ1v) is 30.3. The Morgan fingerprint density at radius 3 is 2.14 bits per heavy atom. The van der Waals surface area contributed by atoms with Crippen molar-refractivity contribution in [1.82, 2.24) is 24.9 Å². The second-order valence-electron chi connectivity index (χ2n) is 14.8. The lowest BCUT2D eigenvalue weighted by atomic mass is 10.1. The van der Waals surface area contributed by atoms with Gasteiger partial charge in [-0.25, -0.2) is 20.3 Å². The van der Waals surface area contributed by atoms with Crippen LogP contribution in [0.25, 0.3) is 27.5 Å². The highest BCUT2D eigenvalue weighted by Crippen LogP contribution is 2.48. The molecule has 0 radical (unpaired) electrons. The van der Waals surface area contributed by atoms with Gasteiger partial charge in [0.15, 0.2) is 21.4 Å². The molecule has 420 valence electrons. The molecule has 0 saturated carbocycles. The average molecular weight is 1250 g/mol. The Morgan fingerprint density at radius 1 is 0.810 bits per heavy atom. The summed E-state index contributed by atoms with van der Waals surface area (Å²) in [4.78, 5) is 14.8. The van der Waals surface area contributed by atoms with Crippen molar-refractivity contribution >= 4 is 160 Å². The highest BCUT2D eigenvalue weighted by Gasteiger charge is 2.27. The highest BCUT2D eigenvalue weighted by molar-refractivity contribution is 8.02. The summed E-state index contributed by atoms with van der Waals surface area (Å²) < 4.78 is 141. The number of nitriles is 1. The Hall–Kier alpha value is -6.74. The molecule has 0 aliphatic carbocycles. The number of thioether (sulfide) groups is 1. The van der Waals surface area contributed by atoms with E-state index in [0.717, 1.165) is 47.6 Å². The first-order chi connectivity index (χ1) is 37.1. The van der Waals surface area contributed by atoms with Gasteiger partial charge in [0.25, 0.3) is 45.6 Å². The summed E-state index contributed by atoms with van der Waals surface area (Å²) in [6.45, 7) is 0.800. The van der Waals surface area contributed by atoms with Gasteiger partial charge in [-0.3, -0.25) is 22.6 Å². The van der Waals surface area contributed by atoms with Gasteiger partial charge in [0.2, 0.25) is 5.88 Å². The lowest BCUT2D eigenvalue weighted by molar-refractivity contribution is -0.432. The molecule has 0 unspecified atom stereocenters. The van der Waals surface area contributed by atoms with Gasteiger partial charge in [0.1, 0.15) is 44.2 Å². The second-order valence-corrected chi connectivity index (χ2v) is 24.4. The zero-order chi connectivity index (χ0) is 58.0. The fourth-order valence-corrected chi connectivity index (χ4v) is 10.9. The van der Waals surface area contributed by atoms with E-state index in [1.807, 2.05) is 6.07 Å². The number of nitrogens with zero attached hydrogens (tertiary/aromatic N) is 11. The monoisotopic (exact) mass is 1250 g/mol. The molecule has 4 aromatic carbocycles. The number of anilines is 1. The minimum atomic E-state index is -5.35. The summed E-state index contributed by atoms with van der Waals surface area (Å²) in [5.41, 5.74) is -2.34. The molecule has 42 heteroatoms. The summed E-state index contributed by atoms with van der Waals surface area (Å²) >= 11 is 2.95. The summed E-state index contributed by atoms with van der Waals surface area (Å²) in [5, 5.41) is 92.4. The van der Waals surface area contributed by atoms with E-state index in [-0.39, 0.29) is 39.6 Å². The number of hydrogen-bond donors (Lipinski definition) is 10. The fourth-order valence-electron chi connectivity index (χ4n) is 6.47. The fraction of sp³-hybridized carbons (Fsp3) is 0.162. The number of fused-ring (bicyclic) bond motifs is 4. The van der Waals surface area contributed by atoms with E-state index < -0.39 is 124 Å². The lowest BCUT2D eigenvalue weighted by Crippen LogP contribution is -2.32. The molecular formula is C37H33N13O21S8. The molecule has 34 nitrogen and oxygen atoms in total. The predicted octanol–water partition coefficient (Wildman–Crippen LogP) is 7.93. The van der Waals surface area contributed by atoms with Crippen LogP contribution in [-0.2, 0) is 59.2 Å². The summed E-state index contributed by atoms with van der Waals surface area (Å²) in [6, 6.07) is 11.9. The number of amides is 2. The maximum absolute atomic E-state index is 13.1. The lowest BCUT2D eigenvalue weighted by Gasteiger charge is -2.13. The van der Waals surface area contributed by atoms with Crippen LogP contribution in [0, 0.1) is 18.3 Å². The molecule has 7 aromatic rings. The van der Waals surface area contributed by atoms with Crippen molar-refractivity contribution in [2.75, 3.05) is 35.4 Å². The van der Waals surface area contributed by atoms with E-state index in [0.29, 0.717) is 39.2 Å². The minimum Gasteiger partial charge on any atom is -0.505 e. The van der Waals surface area contributed by atoms with Crippen LogP contribution in [-0.4, -0.2) is 128 Å². The Morgan fingerprint density at radius 2 is 1.48 bits per heavy atom. The number of imidazole rings is 1. The molecule has 2 amide bonds. The highest BCUT2D eigenvalue weighted by atomic mass is 32.2. The molecule has 0 aliphatic rings. The standard InChI is InChI=1S/C36H29N13O18S7.CH4O3S/c1-16-19(15-37)32-39-20-4-2-3-5-25(20)49(32)33(51)28(16)44-41-21-7-6-17-18(31(21)74(61,62)63)12-26(71-67-65-54)29(30(17)50)45-43-24-13-22(40-34(52)38-8-11-72(55,56)57)23(14-27(24)73(58,59)60)42-46-35-47-48-36(70-35)68-9-10-69-66-64-53;1-5(2,3)4/h2-7,12-14,50-51,53-54H,8-11H2,1H3,(H2,38,40,52)(H,55,56,57)(H,58,59,60)(H,61,62,63);1H3,(H,2,3,4). The zero-order valence-electron chi connectivity index (χ0n) is 39.1. The van der Waals surface area contributed by atoms with Crippen molar-refractivity contribution in [2.45, 2.75) is 25.9 Å². The van der Waals surface area contributed by atoms with Crippen LogP contribution in [0.15, 0.2) is 104 Å². The Kier molecular flexibility index (Phi) is 20.3. The number of benzene rings is 4. The van der Waals surface area contributed by atoms with Gasteiger partial charge in [-0.05, 0) is 49.4 Å². The molecule has 10 N–H and O–H groups in total. The van der Waals surface area contributed by atoms with E-state index in [4.69, 9.17) is 19.6 Å². The van der Waals surface area contributed by atoms with Gasteiger partial charge in [-0.2, -0.15) is 38.9 Å². The number of para-hydroxylation sites is 2. The van der Waals surface area contributed by atoms with Gasteiger partial charge in [-0.15, -0.1) is 49.6 Å². The van der Waals surface area contributed by atoms with Crippen molar-refractivity contribution in [3.05, 3.63) is 65.7 Å². The van der Waals surface area contributed by atoms with E-state index in [9.17, 15) is 63.0 Å². The molecule has 3 aromatic heterocycles. The van der Waals surface area contributed by atoms with Gasteiger partial charge in [0, 0.05) is 46.4 Å². The van der Waals surface area contributed by atoms with Crippen LogP contribution in [0.3, 0.4) is 0 Å². The quantitative estimate of drug-likeness (QED) is 0.00620. The number of nitrogens with one attached hydrogen (secondary N) is 2. The van der Waals surface area contributed by atoms with E-state index in [1.165, 1.54) is 23.1 Å². The number of carbonyl (C=O) groups is 1. The Labute approximate surface area is 459 Å². The topological polar surface area (TPSA) is 517 Å². The summed E-state index contributed by atoms with van der Waals surface area (Å²) in [5.74, 6) is -1.67.